The molecule has 0 radical (unpaired) electrons. The molecule has 0 N–H and O–H groups in total. The number of imidazole rings is 1. The fraction of sp³-hybridized carbons (Fsp3) is 0.182. The predicted molar refractivity (Wildman–Crippen MR) is 57.4 cm³/mol. The molecular weight excluding hydrogens is 206 g/mol. The van der Waals surface area contributed by atoms with Crippen molar-refractivity contribution in [3.63, 3.8) is 0 Å². The van der Waals surface area contributed by atoms with E-state index in [0.717, 1.165) is 11.5 Å². The first-order valence-corrected chi connectivity index (χ1v) is 4.77. The molecule has 0 aromatic carbocycles. The summed E-state index contributed by atoms with van der Waals surface area (Å²) in [6.07, 6.45) is 5.10. The van der Waals surface area contributed by atoms with E-state index in [1.54, 1.807) is 24.5 Å². The maximum absolute atomic E-state index is 11.3. The van der Waals surface area contributed by atoms with Gasteiger partial charge in [-0.15, -0.1) is 0 Å². The quantitative estimate of drug-likeness (QED) is 0.713. The molecule has 0 fully saturated rings. The smallest absolute Gasteiger partial charge is 0.356 e. The Morgan fingerprint density at radius 2 is 2.19 bits per heavy atom. The summed E-state index contributed by atoms with van der Waals surface area (Å²) in [5.41, 5.74) is 1.12. The molecule has 5 nitrogen and oxygen atoms in total. The van der Waals surface area contributed by atoms with E-state index < -0.39 is 5.97 Å². The van der Waals surface area contributed by atoms with Crippen LogP contribution in [0.2, 0.25) is 0 Å². The molecule has 0 spiro atoms. The number of hydrogen-bond donors (Lipinski definition) is 0. The summed E-state index contributed by atoms with van der Waals surface area (Å²) in [5.74, 6) is 0.404. The number of nitrogens with zero attached hydrogens (tertiary/aromatic N) is 3. The van der Waals surface area contributed by atoms with E-state index in [9.17, 15) is 4.79 Å². The van der Waals surface area contributed by atoms with Crippen molar-refractivity contribution in [3.05, 3.63) is 42.2 Å². The van der Waals surface area contributed by atoms with E-state index in [2.05, 4.69) is 14.7 Å². The minimum atomic E-state index is -0.445. The molecule has 0 saturated heterocycles. The third-order valence-electron chi connectivity index (χ3n) is 2.24. The second-order valence-electron chi connectivity index (χ2n) is 3.24. The van der Waals surface area contributed by atoms with Crippen LogP contribution in [0.5, 0.6) is 0 Å². The van der Waals surface area contributed by atoms with Gasteiger partial charge in [0.1, 0.15) is 11.5 Å². The number of aryl methyl sites for hydroxylation is 1. The van der Waals surface area contributed by atoms with Gasteiger partial charge >= 0.3 is 5.97 Å². The number of carbonyl (C=O) groups excluding carboxylic acids is 1. The highest BCUT2D eigenvalue weighted by atomic mass is 16.5. The average Bonchev–Trinajstić information content (AvgIpc) is 2.74. The Balaban J connectivity index is 2.44. The lowest BCUT2D eigenvalue weighted by molar-refractivity contribution is 0.0594. The van der Waals surface area contributed by atoms with Gasteiger partial charge in [-0.1, -0.05) is 0 Å². The van der Waals surface area contributed by atoms with Crippen molar-refractivity contribution in [2.75, 3.05) is 7.11 Å². The van der Waals surface area contributed by atoms with Crippen LogP contribution in [0.25, 0.3) is 5.69 Å². The normalized spacial score (nSPS) is 10.1. The molecule has 0 atom stereocenters. The topological polar surface area (TPSA) is 57.0 Å². The van der Waals surface area contributed by atoms with E-state index in [-0.39, 0.29) is 5.69 Å². The van der Waals surface area contributed by atoms with Gasteiger partial charge in [-0.05, 0) is 19.1 Å². The summed E-state index contributed by atoms with van der Waals surface area (Å²) < 4.78 is 6.48. The van der Waals surface area contributed by atoms with Crippen molar-refractivity contribution in [3.8, 4) is 5.69 Å². The predicted octanol–water partition coefficient (Wildman–Crippen LogP) is 1.36. The molecule has 82 valence electrons. The highest BCUT2D eigenvalue weighted by Crippen LogP contribution is 2.11. The number of aromatic nitrogens is 3. The van der Waals surface area contributed by atoms with Crippen LogP contribution in [-0.2, 0) is 4.74 Å². The van der Waals surface area contributed by atoms with Gasteiger partial charge in [0.05, 0.1) is 12.8 Å². The number of carbonyl (C=O) groups is 1. The van der Waals surface area contributed by atoms with Crippen LogP contribution in [0.1, 0.15) is 16.3 Å². The van der Waals surface area contributed by atoms with Crippen LogP contribution in [0.3, 0.4) is 0 Å². The second-order valence-corrected chi connectivity index (χ2v) is 3.24. The molecule has 0 saturated carbocycles. The van der Waals surface area contributed by atoms with Crippen LogP contribution in [0, 0.1) is 6.92 Å². The Morgan fingerprint density at radius 3 is 2.81 bits per heavy atom. The maximum Gasteiger partial charge on any atom is 0.356 e. The molecule has 2 rings (SSSR count). The molecular formula is C11H11N3O2. The van der Waals surface area contributed by atoms with Crippen LogP contribution in [0.4, 0.5) is 0 Å². The van der Waals surface area contributed by atoms with Crippen molar-refractivity contribution in [2.45, 2.75) is 6.92 Å². The molecule has 0 aliphatic rings. The van der Waals surface area contributed by atoms with Gasteiger partial charge in [0.25, 0.3) is 0 Å². The van der Waals surface area contributed by atoms with Gasteiger partial charge in [-0.3, -0.25) is 0 Å². The number of pyridine rings is 1. The summed E-state index contributed by atoms with van der Waals surface area (Å²) in [7, 11) is 1.33. The summed E-state index contributed by atoms with van der Waals surface area (Å²) in [6.45, 7) is 1.89. The maximum atomic E-state index is 11.3. The Labute approximate surface area is 92.7 Å². The van der Waals surface area contributed by atoms with E-state index in [4.69, 9.17) is 0 Å². The molecule has 0 unspecified atom stereocenters. The summed E-state index contributed by atoms with van der Waals surface area (Å²) in [5, 5.41) is 0. The third kappa shape index (κ3) is 1.79. The molecule has 2 aromatic heterocycles. The lowest BCUT2D eigenvalue weighted by Gasteiger charge is -2.05. The molecule has 2 aromatic rings. The van der Waals surface area contributed by atoms with Gasteiger partial charge in [-0.25, -0.2) is 14.8 Å². The Hall–Kier alpha value is -2.17. The standard InChI is InChI=1S/C11H11N3O2/c1-8-12-5-6-14(8)9-3-4-13-10(7-9)11(15)16-2/h3-7H,1-2H3. The molecule has 0 amide bonds. The fourth-order valence-electron chi connectivity index (χ4n) is 1.44. The lowest BCUT2D eigenvalue weighted by atomic mass is 10.3. The zero-order valence-corrected chi connectivity index (χ0v) is 9.04. The zero-order chi connectivity index (χ0) is 11.5. The SMILES string of the molecule is COC(=O)c1cc(-n2ccnc2C)ccn1. The van der Waals surface area contributed by atoms with Crippen molar-refractivity contribution in [2.24, 2.45) is 0 Å². The number of esters is 1. The van der Waals surface area contributed by atoms with Crippen molar-refractivity contribution in [1.29, 1.82) is 0 Å². The van der Waals surface area contributed by atoms with Gasteiger partial charge < -0.3 is 9.30 Å². The first-order chi connectivity index (χ1) is 7.72. The number of ether oxygens (including phenoxy) is 1. The van der Waals surface area contributed by atoms with E-state index in [1.165, 1.54) is 7.11 Å². The van der Waals surface area contributed by atoms with Crippen molar-refractivity contribution < 1.29 is 9.53 Å². The summed E-state index contributed by atoms with van der Waals surface area (Å²) >= 11 is 0. The van der Waals surface area contributed by atoms with Crippen LogP contribution in [0.15, 0.2) is 30.7 Å². The van der Waals surface area contributed by atoms with Crippen molar-refractivity contribution >= 4 is 5.97 Å². The Bertz CT molecular complexity index is 519. The largest absolute Gasteiger partial charge is 0.464 e. The third-order valence-corrected chi connectivity index (χ3v) is 2.24. The highest BCUT2D eigenvalue weighted by molar-refractivity contribution is 5.87. The summed E-state index contributed by atoms with van der Waals surface area (Å²) in [4.78, 5) is 19.4. The van der Waals surface area contributed by atoms with Gasteiger partial charge in [0.2, 0.25) is 0 Å². The van der Waals surface area contributed by atoms with Crippen LogP contribution < -0.4 is 0 Å². The molecule has 0 aliphatic carbocycles. The van der Waals surface area contributed by atoms with E-state index >= 15 is 0 Å². The number of hydrogen-bond acceptors (Lipinski definition) is 4. The summed E-state index contributed by atoms with van der Waals surface area (Å²) in [6, 6.07) is 3.47. The van der Waals surface area contributed by atoms with E-state index in [0.29, 0.717) is 0 Å². The molecule has 0 aliphatic heterocycles. The zero-order valence-electron chi connectivity index (χ0n) is 9.04. The molecule has 0 bridgehead atoms. The Morgan fingerprint density at radius 1 is 1.38 bits per heavy atom. The van der Waals surface area contributed by atoms with Crippen LogP contribution >= 0.6 is 0 Å². The number of rotatable bonds is 2. The monoisotopic (exact) mass is 217 g/mol. The van der Waals surface area contributed by atoms with Gasteiger partial charge in [-0.2, -0.15) is 0 Å². The van der Waals surface area contributed by atoms with E-state index in [1.807, 2.05) is 17.7 Å². The highest BCUT2D eigenvalue weighted by Gasteiger charge is 2.08. The van der Waals surface area contributed by atoms with Gasteiger partial charge in [0, 0.05) is 18.6 Å². The molecule has 16 heavy (non-hydrogen) atoms. The lowest BCUT2D eigenvalue weighted by Crippen LogP contribution is -2.05. The first kappa shape index (κ1) is 10.4. The fourth-order valence-corrected chi connectivity index (χ4v) is 1.44. The Kier molecular flexibility index (Phi) is 2.68. The second kappa shape index (κ2) is 4.14. The van der Waals surface area contributed by atoms with Gasteiger partial charge in [0.15, 0.2) is 0 Å². The minimum Gasteiger partial charge on any atom is -0.464 e. The van der Waals surface area contributed by atoms with Crippen molar-refractivity contribution in [1.82, 2.24) is 14.5 Å². The average molecular weight is 217 g/mol. The minimum absolute atomic E-state index is 0.285. The first-order valence-electron chi connectivity index (χ1n) is 4.77. The van der Waals surface area contributed by atoms with Crippen LogP contribution in [-0.4, -0.2) is 27.6 Å². The molecule has 2 heterocycles. The number of methoxy groups -OCH3 is 1. The molecule has 5 heteroatoms.